The van der Waals surface area contributed by atoms with Crippen molar-refractivity contribution in [1.82, 2.24) is 25.3 Å². The number of hydrogen-bond donors (Lipinski definition) is 2. The number of amides is 1. The van der Waals surface area contributed by atoms with Crippen LogP contribution in [-0.4, -0.2) is 39.0 Å². The number of rotatable bonds is 4. The number of thiazole rings is 1. The van der Waals surface area contributed by atoms with Gasteiger partial charge in [0.1, 0.15) is 0 Å². The lowest BCUT2D eigenvalue weighted by Crippen LogP contribution is -2.29. The molecule has 0 radical (unpaired) electrons. The van der Waals surface area contributed by atoms with Gasteiger partial charge in [0.2, 0.25) is 0 Å². The van der Waals surface area contributed by atoms with Crippen LogP contribution in [0, 0.1) is 13.8 Å². The van der Waals surface area contributed by atoms with Crippen LogP contribution < -0.4 is 10.6 Å². The van der Waals surface area contributed by atoms with Crippen molar-refractivity contribution >= 4 is 46.1 Å². The second-order valence-corrected chi connectivity index (χ2v) is 8.84. The van der Waals surface area contributed by atoms with Crippen LogP contribution in [0.25, 0.3) is 10.6 Å². The number of anilines is 1. The number of thiophene rings is 1. The summed E-state index contributed by atoms with van der Waals surface area (Å²) in [7, 11) is 0. The molecule has 1 amide bonds. The lowest BCUT2D eigenvalue weighted by Gasteiger charge is -2.21. The number of carbonyl (C=O) groups excluding carboxylic acids is 1. The van der Waals surface area contributed by atoms with Crippen LogP contribution in [0.4, 0.5) is 5.13 Å². The number of halogens is 1. The Kier molecular flexibility index (Phi) is 6.25. The van der Waals surface area contributed by atoms with Crippen LogP contribution in [0.1, 0.15) is 39.1 Å². The van der Waals surface area contributed by atoms with Crippen molar-refractivity contribution in [3.63, 3.8) is 0 Å². The van der Waals surface area contributed by atoms with Gasteiger partial charge in [-0.3, -0.25) is 10.1 Å². The molecule has 144 valence electrons. The number of aryl methyl sites for hydroxylation is 2. The monoisotopic (exact) mass is 424 g/mol. The van der Waals surface area contributed by atoms with Crippen molar-refractivity contribution in [3.8, 4) is 10.6 Å². The maximum absolute atomic E-state index is 12.5. The Morgan fingerprint density at radius 2 is 2.04 bits per heavy atom. The molecule has 0 unspecified atom stereocenters. The molecule has 1 fully saturated rings. The highest BCUT2D eigenvalue weighted by Gasteiger charge is 2.20. The summed E-state index contributed by atoms with van der Waals surface area (Å²) in [6.07, 6.45) is 3.73. The predicted octanol–water partition coefficient (Wildman–Crippen LogP) is 3.68. The third kappa shape index (κ3) is 4.37. The molecular formula is C17H21ClN6OS2. The second-order valence-electron chi connectivity index (χ2n) is 6.35. The molecule has 1 aliphatic heterocycles. The van der Waals surface area contributed by atoms with E-state index >= 15 is 0 Å². The van der Waals surface area contributed by atoms with Crippen LogP contribution in [0.15, 0.2) is 18.3 Å². The van der Waals surface area contributed by atoms with Gasteiger partial charge in [-0.25, -0.2) is 9.67 Å². The predicted molar refractivity (Wildman–Crippen MR) is 111 cm³/mol. The molecule has 2 N–H and O–H groups in total. The average molecular weight is 425 g/mol. The lowest BCUT2D eigenvalue weighted by atomic mass is 10.1. The number of hydrogen-bond acceptors (Lipinski definition) is 7. The molecule has 0 aliphatic carbocycles. The van der Waals surface area contributed by atoms with E-state index in [1.807, 2.05) is 11.6 Å². The minimum absolute atomic E-state index is 0. The molecule has 3 aromatic rings. The molecule has 10 heteroatoms. The zero-order valence-corrected chi connectivity index (χ0v) is 17.5. The van der Waals surface area contributed by atoms with Crippen molar-refractivity contribution in [2.75, 3.05) is 18.4 Å². The maximum Gasteiger partial charge on any atom is 0.279 e. The van der Waals surface area contributed by atoms with Gasteiger partial charge >= 0.3 is 0 Å². The minimum Gasteiger partial charge on any atom is -0.317 e. The number of aromatic nitrogens is 4. The molecule has 0 aromatic carbocycles. The summed E-state index contributed by atoms with van der Waals surface area (Å²) < 4.78 is 1.81. The van der Waals surface area contributed by atoms with Gasteiger partial charge < -0.3 is 5.32 Å². The smallest absolute Gasteiger partial charge is 0.279 e. The number of nitrogens with zero attached hydrogens (tertiary/aromatic N) is 4. The van der Waals surface area contributed by atoms with Crippen molar-refractivity contribution in [1.29, 1.82) is 0 Å². The molecule has 4 heterocycles. The summed E-state index contributed by atoms with van der Waals surface area (Å²) in [5.74, 6) is -0.271. The van der Waals surface area contributed by atoms with E-state index in [2.05, 4.69) is 45.0 Å². The Balaban J connectivity index is 0.00000210. The van der Waals surface area contributed by atoms with E-state index in [1.54, 1.807) is 17.5 Å². The fourth-order valence-electron chi connectivity index (χ4n) is 3.03. The third-order valence-electron chi connectivity index (χ3n) is 4.42. The highest BCUT2D eigenvalue weighted by Crippen LogP contribution is 2.34. The number of carbonyl (C=O) groups is 1. The standard InChI is InChI=1S/C17H20N6OS2.ClH/c1-10-3-4-14(25-10)15-11(2)26-17(19-15)20-16(24)13-9-23(22-21-13)12-5-7-18-8-6-12;/h3-4,9,12,18H,5-8H2,1-2H3,(H,19,20,24);1H. The summed E-state index contributed by atoms with van der Waals surface area (Å²) >= 11 is 3.18. The summed E-state index contributed by atoms with van der Waals surface area (Å²) in [6.45, 7) is 6.03. The fourth-order valence-corrected chi connectivity index (χ4v) is 4.83. The van der Waals surface area contributed by atoms with Gasteiger partial charge in [-0.05, 0) is 51.9 Å². The van der Waals surface area contributed by atoms with E-state index in [-0.39, 0.29) is 18.3 Å². The quantitative estimate of drug-likeness (QED) is 0.667. The summed E-state index contributed by atoms with van der Waals surface area (Å²) in [4.78, 5) is 20.5. The van der Waals surface area contributed by atoms with Crippen molar-refractivity contribution in [2.45, 2.75) is 32.7 Å². The molecule has 0 bridgehead atoms. The molecule has 0 saturated carbocycles. The van der Waals surface area contributed by atoms with E-state index in [1.165, 1.54) is 16.2 Å². The van der Waals surface area contributed by atoms with Gasteiger partial charge in [-0.15, -0.1) is 40.2 Å². The van der Waals surface area contributed by atoms with Crippen LogP contribution in [0.3, 0.4) is 0 Å². The zero-order valence-electron chi connectivity index (χ0n) is 15.1. The molecule has 1 saturated heterocycles. The van der Waals surface area contributed by atoms with Crippen LogP contribution in [0.2, 0.25) is 0 Å². The first kappa shape index (κ1) is 19.9. The Morgan fingerprint density at radius 1 is 1.26 bits per heavy atom. The number of piperidine rings is 1. The molecule has 3 aromatic heterocycles. The Labute approximate surface area is 171 Å². The SMILES string of the molecule is Cc1ccc(-c2nc(NC(=O)c3cn(C4CCNCC4)nn3)sc2C)s1.Cl. The molecule has 4 rings (SSSR count). The molecule has 0 atom stereocenters. The summed E-state index contributed by atoms with van der Waals surface area (Å²) in [5.41, 5.74) is 1.26. The molecule has 0 spiro atoms. The van der Waals surface area contributed by atoms with Crippen LogP contribution >= 0.6 is 35.1 Å². The zero-order chi connectivity index (χ0) is 18.1. The Morgan fingerprint density at radius 3 is 2.74 bits per heavy atom. The highest BCUT2D eigenvalue weighted by atomic mass is 35.5. The van der Waals surface area contributed by atoms with Crippen molar-refractivity contribution in [2.24, 2.45) is 0 Å². The molecule has 27 heavy (non-hydrogen) atoms. The van der Waals surface area contributed by atoms with Gasteiger partial charge in [-0.2, -0.15) is 0 Å². The van der Waals surface area contributed by atoms with Crippen LogP contribution in [0.5, 0.6) is 0 Å². The van der Waals surface area contributed by atoms with E-state index in [4.69, 9.17) is 0 Å². The first-order valence-electron chi connectivity index (χ1n) is 8.58. The molecule has 1 aliphatic rings. The highest BCUT2D eigenvalue weighted by molar-refractivity contribution is 7.18. The van der Waals surface area contributed by atoms with Gasteiger partial charge in [0, 0.05) is 9.75 Å². The maximum atomic E-state index is 12.5. The summed E-state index contributed by atoms with van der Waals surface area (Å²) in [6, 6.07) is 4.45. The van der Waals surface area contributed by atoms with E-state index in [0.717, 1.165) is 41.4 Å². The van der Waals surface area contributed by atoms with Crippen molar-refractivity contribution in [3.05, 3.63) is 33.8 Å². The van der Waals surface area contributed by atoms with Gasteiger partial charge in [-0.1, -0.05) is 5.21 Å². The third-order valence-corrected chi connectivity index (χ3v) is 6.31. The molecule has 7 nitrogen and oxygen atoms in total. The molecular weight excluding hydrogens is 404 g/mol. The second kappa shape index (κ2) is 8.47. The Bertz CT molecular complexity index is 928. The van der Waals surface area contributed by atoms with E-state index in [0.29, 0.717) is 16.9 Å². The van der Waals surface area contributed by atoms with Gasteiger partial charge in [0.05, 0.1) is 22.8 Å². The topological polar surface area (TPSA) is 84.7 Å². The van der Waals surface area contributed by atoms with E-state index in [9.17, 15) is 4.79 Å². The largest absolute Gasteiger partial charge is 0.317 e. The summed E-state index contributed by atoms with van der Waals surface area (Å²) in [5, 5.41) is 14.9. The normalized spacial score (nSPS) is 14.7. The van der Waals surface area contributed by atoms with Crippen molar-refractivity contribution < 1.29 is 4.79 Å². The first-order chi connectivity index (χ1) is 12.6. The first-order valence-corrected chi connectivity index (χ1v) is 10.2. The average Bonchev–Trinajstić information content (AvgIpc) is 3.36. The van der Waals surface area contributed by atoms with Gasteiger partial charge in [0.15, 0.2) is 10.8 Å². The minimum atomic E-state index is -0.271. The lowest BCUT2D eigenvalue weighted by molar-refractivity contribution is 0.102. The number of nitrogens with one attached hydrogen (secondary N) is 2. The fraction of sp³-hybridized carbons (Fsp3) is 0.412. The van der Waals surface area contributed by atoms with Gasteiger partial charge in [0.25, 0.3) is 5.91 Å². The van der Waals surface area contributed by atoms with E-state index < -0.39 is 0 Å². The Hall–Kier alpha value is -1.81. The van der Waals surface area contributed by atoms with Crippen LogP contribution in [-0.2, 0) is 0 Å².